The number of barbiturate groups is 1. The van der Waals surface area contributed by atoms with Gasteiger partial charge < -0.3 is 14.2 Å². The van der Waals surface area contributed by atoms with Crippen molar-refractivity contribution in [3.63, 3.8) is 0 Å². The van der Waals surface area contributed by atoms with Crippen LogP contribution in [0, 0.1) is 6.92 Å². The van der Waals surface area contributed by atoms with Gasteiger partial charge in [0.2, 0.25) is 0 Å². The van der Waals surface area contributed by atoms with Crippen LogP contribution in [0.1, 0.15) is 11.1 Å². The van der Waals surface area contributed by atoms with Crippen molar-refractivity contribution < 1.29 is 28.6 Å². The molecule has 1 aliphatic rings. The van der Waals surface area contributed by atoms with E-state index in [-0.39, 0.29) is 23.8 Å². The number of hydrogen-bond donors (Lipinski definition) is 1. The first-order valence-electron chi connectivity index (χ1n) is 11.1. The number of rotatable bonds is 8. The Morgan fingerprint density at radius 2 is 1.65 bits per heavy atom. The van der Waals surface area contributed by atoms with Crippen LogP contribution in [0.4, 0.5) is 10.5 Å². The van der Waals surface area contributed by atoms with Gasteiger partial charge in [0.1, 0.15) is 24.5 Å². The number of carbonyl (C=O) groups is 3. The number of anilines is 1. The van der Waals surface area contributed by atoms with Gasteiger partial charge in [-0.25, -0.2) is 9.69 Å². The Morgan fingerprint density at radius 1 is 0.973 bits per heavy atom. The second-order valence-corrected chi connectivity index (χ2v) is 9.30. The van der Waals surface area contributed by atoms with Crippen LogP contribution >= 0.6 is 27.5 Å². The Hall–Kier alpha value is -3.82. The van der Waals surface area contributed by atoms with Crippen molar-refractivity contribution in [2.75, 3.05) is 25.2 Å². The number of aryl methyl sites for hydroxylation is 1. The van der Waals surface area contributed by atoms with Gasteiger partial charge in [-0.05, 0) is 67.1 Å². The number of imide groups is 2. The number of ether oxygens (including phenoxy) is 3. The third-order valence-electron chi connectivity index (χ3n) is 5.37. The molecular weight excluding hydrogens is 564 g/mol. The number of nitrogens with one attached hydrogen (secondary N) is 1. The Balaban J connectivity index is 1.52. The maximum absolute atomic E-state index is 13.1. The SMILES string of the molecule is COc1cc(/C=C2/C(=O)NC(=O)N(c3ccc(Br)cc3)C2=O)cc(Cl)c1OCCOc1ccc(C)cc1. The van der Waals surface area contributed by atoms with Crippen molar-refractivity contribution in [3.8, 4) is 17.2 Å². The van der Waals surface area contributed by atoms with E-state index in [9.17, 15) is 14.4 Å². The molecule has 8 nitrogen and oxygen atoms in total. The summed E-state index contributed by atoms with van der Waals surface area (Å²) in [5, 5.41) is 2.41. The van der Waals surface area contributed by atoms with Crippen LogP contribution in [0.25, 0.3) is 6.08 Å². The molecule has 10 heteroatoms. The summed E-state index contributed by atoms with van der Waals surface area (Å²) in [4.78, 5) is 38.9. The Morgan fingerprint density at radius 3 is 2.32 bits per heavy atom. The molecule has 37 heavy (non-hydrogen) atoms. The molecule has 0 unspecified atom stereocenters. The maximum atomic E-state index is 13.1. The van der Waals surface area contributed by atoms with Crippen molar-refractivity contribution >= 4 is 57.1 Å². The Bertz CT molecular complexity index is 1370. The molecule has 3 aromatic rings. The van der Waals surface area contributed by atoms with E-state index in [0.717, 1.165) is 20.7 Å². The normalized spacial score (nSPS) is 14.5. The highest BCUT2D eigenvalue weighted by atomic mass is 79.9. The van der Waals surface area contributed by atoms with E-state index in [4.69, 9.17) is 25.8 Å². The molecule has 0 aromatic heterocycles. The van der Waals surface area contributed by atoms with Gasteiger partial charge in [0.15, 0.2) is 11.5 Å². The summed E-state index contributed by atoms with van der Waals surface area (Å²) in [6, 6.07) is 16.5. The minimum Gasteiger partial charge on any atom is -0.493 e. The monoisotopic (exact) mass is 584 g/mol. The summed E-state index contributed by atoms with van der Waals surface area (Å²) in [5.74, 6) is -0.254. The van der Waals surface area contributed by atoms with E-state index in [2.05, 4.69) is 21.2 Å². The molecule has 1 fully saturated rings. The number of urea groups is 1. The zero-order valence-corrected chi connectivity index (χ0v) is 22.3. The number of amides is 4. The average Bonchev–Trinajstić information content (AvgIpc) is 2.87. The summed E-state index contributed by atoms with van der Waals surface area (Å²) in [7, 11) is 1.45. The van der Waals surface area contributed by atoms with E-state index in [0.29, 0.717) is 22.7 Å². The molecule has 0 aliphatic carbocycles. The lowest BCUT2D eigenvalue weighted by molar-refractivity contribution is -0.122. The van der Waals surface area contributed by atoms with Gasteiger partial charge in [-0.2, -0.15) is 0 Å². The van der Waals surface area contributed by atoms with Crippen molar-refractivity contribution in [3.05, 3.63) is 86.9 Å². The molecule has 0 atom stereocenters. The highest BCUT2D eigenvalue weighted by molar-refractivity contribution is 9.10. The van der Waals surface area contributed by atoms with Crippen LogP contribution in [0.15, 0.2) is 70.7 Å². The van der Waals surface area contributed by atoms with Crippen LogP contribution < -0.4 is 24.4 Å². The lowest BCUT2D eigenvalue weighted by atomic mass is 10.1. The highest BCUT2D eigenvalue weighted by Gasteiger charge is 2.36. The molecule has 4 rings (SSSR count). The van der Waals surface area contributed by atoms with Crippen LogP contribution in [0.2, 0.25) is 5.02 Å². The van der Waals surface area contributed by atoms with E-state index in [1.165, 1.54) is 19.3 Å². The molecule has 0 spiro atoms. The summed E-state index contributed by atoms with van der Waals surface area (Å²) in [6.07, 6.45) is 1.34. The van der Waals surface area contributed by atoms with Crippen LogP contribution in [-0.4, -0.2) is 38.2 Å². The second-order valence-electron chi connectivity index (χ2n) is 7.98. The minimum absolute atomic E-state index is 0.204. The van der Waals surface area contributed by atoms with Gasteiger partial charge in [-0.3, -0.25) is 14.9 Å². The third-order valence-corrected chi connectivity index (χ3v) is 6.18. The van der Waals surface area contributed by atoms with Gasteiger partial charge in [0, 0.05) is 4.47 Å². The van der Waals surface area contributed by atoms with E-state index >= 15 is 0 Å². The lowest BCUT2D eigenvalue weighted by Gasteiger charge is -2.26. The first kappa shape index (κ1) is 26.2. The zero-order valence-electron chi connectivity index (χ0n) is 19.9. The Kier molecular flexibility index (Phi) is 8.15. The number of carbonyl (C=O) groups excluding carboxylic acids is 3. The molecule has 1 N–H and O–H groups in total. The number of hydrogen-bond acceptors (Lipinski definition) is 6. The van der Waals surface area contributed by atoms with E-state index in [1.54, 1.807) is 30.3 Å². The van der Waals surface area contributed by atoms with Gasteiger partial charge in [0.25, 0.3) is 11.8 Å². The predicted octanol–water partition coefficient (Wildman–Crippen LogP) is 5.54. The number of nitrogens with zero attached hydrogens (tertiary/aromatic N) is 1. The molecule has 4 amide bonds. The topological polar surface area (TPSA) is 94.2 Å². The van der Waals surface area contributed by atoms with Crippen molar-refractivity contribution in [1.82, 2.24) is 5.32 Å². The van der Waals surface area contributed by atoms with E-state index < -0.39 is 17.8 Å². The largest absolute Gasteiger partial charge is 0.493 e. The third kappa shape index (κ3) is 6.12. The summed E-state index contributed by atoms with van der Waals surface area (Å²) >= 11 is 9.76. The first-order valence-corrected chi connectivity index (χ1v) is 12.3. The van der Waals surface area contributed by atoms with Gasteiger partial charge in [0.05, 0.1) is 17.8 Å². The zero-order chi connectivity index (χ0) is 26.5. The molecule has 0 radical (unpaired) electrons. The molecule has 1 saturated heterocycles. The number of benzene rings is 3. The average molecular weight is 586 g/mol. The highest BCUT2D eigenvalue weighted by Crippen LogP contribution is 2.37. The minimum atomic E-state index is -0.832. The summed E-state index contributed by atoms with van der Waals surface area (Å²) in [6.45, 7) is 2.48. The van der Waals surface area contributed by atoms with E-state index in [1.807, 2.05) is 31.2 Å². The second kappa shape index (κ2) is 11.5. The lowest BCUT2D eigenvalue weighted by Crippen LogP contribution is -2.54. The number of methoxy groups -OCH3 is 1. The van der Waals surface area contributed by atoms with Gasteiger partial charge in [-0.1, -0.05) is 45.2 Å². The van der Waals surface area contributed by atoms with Crippen molar-refractivity contribution in [2.45, 2.75) is 6.92 Å². The fraction of sp³-hybridized carbons (Fsp3) is 0.148. The molecule has 3 aromatic carbocycles. The molecule has 0 bridgehead atoms. The maximum Gasteiger partial charge on any atom is 0.335 e. The molecule has 1 heterocycles. The van der Waals surface area contributed by atoms with Crippen molar-refractivity contribution in [1.29, 1.82) is 0 Å². The Labute approximate surface area is 226 Å². The summed E-state index contributed by atoms with van der Waals surface area (Å²) < 4.78 is 17.7. The molecule has 0 saturated carbocycles. The first-order chi connectivity index (χ1) is 17.8. The van der Waals surface area contributed by atoms with Crippen LogP contribution in [0.5, 0.6) is 17.2 Å². The smallest absolute Gasteiger partial charge is 0.335 e. The quantitative estimate of drug-likeness (QED) is 0.212. The fourth-order valence-corrected chi connectivity index (χ4v) is 4.09. The molecular formula is C27H22BrClN2O6. The molecule has 190 valence electrons. The van der Waals surface area contributed by atoms with Gasteiger partial charge >= 0.3 is 6.03 Å². The van der Waals surface area contributed by atoms with Gasteiger partial charge in [-0.15, -0.1) is 0 Å². The van der Waals surface area contributed by atoms with Crippen molar-refractivity contribution in [2.24, 2.45) is 0 Å². The molecule has 1 aliphatic heterocycles. The fourth-order valence-electron chi connectivity index (χ4n) is 3.55. The number of halogens is 2. The van der Waals surface area contributed by atoms with Crippen LogP contribution in [-0.2, 0) is 9.59 Å². The summed E-state index contributed by atoms with van der Waals surface area (Å²) in [5.41, 5.74) is 1.63. The standard InChI is InChI=1S/C27H22BrClN2O6/c1-16-3-9-20(10-4-16)36-11-12-37-24-22(29)14-17(15-23(24)35-2)13-21-25(32)30-27(34)31(26(21)33)19-7-5-18(28)6-8-19/h3-10,13-15H,11-12H2,1-2H3,(H,30,32,34)/b21-13-. The predicted molar refractivity (Wildman–Crippen MR) is 143 cm³/mol. The van der Waals surface area contributed by atoms with Crippen LogP contribution in [0.3, 0.4) is 0 Å².